The van der Waals surface area contributed by atoms with E-state index in [1.807, 2.05) is 55.5 Å². The lowest BCUT2D eigenvalue weighted by atomic mass is 10.1. The molecule has 0 saturated carbocycles. The summed E-state index contributed by atoms with van der Waals surface area (Å²) in [6.07, 6.45) is 0. The second-order valence-electron chi connectivity index (χ2n) is 4.24. The van der Waals surface area contributed by atoms with Crippen molar-refractivity contribution in [1.29, 1.82) is 0 Å². The predicted octanol–water partition coefficient (Wildman–Crippen LogP) is 4.08. The third kappa shape index (κ3) is 4.10. The summed E-state index contributed by atoms with van der Waals surface area (Å²) in [6.45, 7) is 2.55. The van der Waals surface area contributed by atoms with E-state index in [9.17, 15) is 4.79 Å². The number of urea groups is 1. The first-order valence-corrected chi connectivity index (χ1v) is 6.79. The second-order valence-corrected chi connectivity index (χ2v) is 5.16. The van der Waals surface area contributed by atoms with Crippen molar-refractivity contribution in [3.63, 3.8) is 0 Å². The van der Waals surface area contributed by atoms with Crippen LogP contribution in [0, 0.1) is 6.92 Å². The number of halogens is 1. The van der Waals surface area contributed by atoms with Crippen LogP contribution in [-0.4, -0.2) is 6.03 Å². The van der Waals surface area contributed by atoms with Crippen molar-refractivity contribution in [2.24, 2.45) is 0 Å². The lowest BCUT2D eigenvalue weighted by Crippen LogP contribution is -2.28. The van der Waals surface area contributed by atoms with E-state index < -0.39 is 0 Å². The van der Waals surface area contributed by atoms with Gasteiger partial charge in [0.25, 0.3) is 0 Å². The van der Waals surface area contributed by atoms with E-state index >= 15 is 0 Å². The highest BCUT2D eigenvalue weighted by molar-refractivity contribution is 9.10. The number of anilines is 1. The maximum absolute atomic E-state index is 11.7. The van der Waals surface area contributed by atoms with Crippen LogP contribution in [0.25, 0.3) is 0 Å². The fourth-order valence-corrected chi connectivity index (χ4v) is 1.96. The number of nitrogens with one attached hydrogen (secondary N) is 2. The monoisotopic (exact) mass is 318 g/mol. The van der Waals surface area contributed by atoms with Crippen molar-refractivity contribution in [3.8, 4) is 0 Å². The summed E-state index contributed by atoms with van der Waals surface area (Å²) < 4.78 is 0.985. The zero-order valence-electron chi connectivity index (χ0n) is 10.6. The van der Waals surface area contributed by atoms with E-state index in [0.717, 1.165) is 15.7 Å². The lowest BCUT2D eigenvalue weighted by molar-refractivity contribution is 0.251. The van der Waals surface area contributed by atoms with Crippen LogP contribution in [0.4, 0.5) is 10.5 Å². The Kier molecular flexibility index (Phi) is 4.58. The SMILES string of the molecule is Cc1ccccc1CNC(=O)Nc1ccc(Br)cc1. The van der Waals surface area contributed by atoms with Crippen molar-refractivity contribution in [2.75, 3.05) is 5.32 Å². The third-order valence-corrected chi connectivity index (χ3v) is 3.33. The molecule has 0 aromatic heterocycles. The van der Waals surface area contributed by atoms with Crippen LogP contribution in [0.15, 0.2) is 53.0 Å². The highest BCUT2D eigenvalue weighted by Gasteiger charge is 2.02. The molecule has 0 aliphatic heterocycles. The van der Waals surface area contributed by atoms with Crippen molar-refractivity contribution in [2.45, 2.75) is 13.5 Å². The molecule has 0 bridgehead atoms. The summed E-state index contributed by atoms with van der Waals surface area (Å²) in [5, 5.41) is 5.63. The van der Waals surface area contributed by atoms with E-state index in [1.54, 1.807) is 0 Å². The fraction of sp³-hybridized carbons (Fsp3) is 0.133. The minimum atomic E-state index is -0.203. The van der Waals surface area contributed by atoms with Crippen molar-refractivity contribution < 1.29 is 4.79 Å². The Balaban J connectivity index is 1.88. The molecule has 0 atom stereocenters. The number of carbonyl (C=O) groups excluding carboxylic acids is 1. The molecule has 2 aromatic carbocycles. The molecule has 0 aliphatic carbocycles. The number of carbonyl (C=O) groups is 1. The Morgan fingerprint density at radius 3 is 2.47 bits per heavy atom. The number of rotatable bonds is 3. The normalized spacial score (nSPS) is 10.0. The topological polar surface area (TPSA) is 41.1 Å². The van der Waals surface area contributed by atoms with Gasteiger partial charge < -0.3 is 10.6 Å². The molecule has 98 valence electrons. The summed E-state index contributed by atoms with van der Waals surface area (Å²) in [7, 11) is 0. The van der Waals surface area contributed by atoms with Crippen molar-refractivity contribution in [3.05, 3.63) is 64.1 Å². The Hall–Kier alpha value is -1.81. The quantitative estimate of drug-likeness (QED) is 0.879. The van der Waals surface area contributed by atoms with Crippen LogP contribution < -0.4 is 10.6 Å². The van der Waals surface area contributed by atoms with Crippen LogP contribution in [0.3, 0.4) is 0 Å². The van der Waals surface area contributed by atoms with Crippen LogP contribution in [0.2, 0.25) is 0 Å². The molecule has 0 heterocycles. The number of amides is 2. The molecule has 0 fully saturated rings. The van der Waals surface area contributed by atoms with Gasteiger partial charge in [-0.3, -0.25) is 0 Å². The van der Waals surface area contributed by atoms with E-state index in [-0.39, 0.29) is 6.03 Å². The molecule has 0 saturated heterocycles. The zero-order chi connectivity index (χ0) is 13.7. The largest absolute Gasteiger partial charge is 0.334 e. The molecule has 4 heteroatoms. The van der Waals surface area contributed by atoms with Gasteiger partial charge in [-0.25, -0.2) is 4.79 Å². The van der Waals surface area contributed by atoms with Gasteiger partial charge in [0.1, 0.15) is 0 Å². The standard InChI is InChI=1S/C15H15BrN2O/c1-11-4-2-3-5-12(11)10-17-15(19)18-14-8-6-13(16)7-9-14/h2-9H,10H2,1H3,(H2,17,18,19). The molecule has 3 nitrogen and oxygen atoms in total. The van der Waals surface area contributed by atoms with Gasteiger partial charge in [-0.15, -0.1) is 0 Å². The minimum absolute atomic E-state index is 0.203. The molecule has 19 heavy (non-hydrogen) atoms. The predicted molar refractivity (Wildman–Crippen MR) is 81.2 cm³/mol. The van der Waals surface area contributed by atoms with Crippen molar-refractivity contribution in [1.82, 2.24) is 5.32 Å². The van der Waals surface area contributed by atoms with Gasteiger partial charge in [-0.1, -0.05) is 40.2 Å². The first-order valence-electron chi connectivity index (χ1n) is 6.00. The Bertz CT molecular complexity index is 567. The van der Waals surface area contributed by atoms with Crippen LogP contribution in [0.5, 0.6) is 0 Å². The molecule has 0 aliphatic rings. The summed E-state index contributed by atoms with van der Waals surface area (Å²) >= 11 is 3.35. The van der Waals surface area contributed by atoms with E-state index in [0.29, 0.717) is 6.54 Å². The Labute approximate surface area is 121 Å². The average Bonchev–Trinajstić information content (AvgIpc) is 2.40. The van der Waals surface area contributed by atoms with Crippen LogP contribution in [0.1, 0.15) is 11.1 Å². The van der Waals surface area contributed by atoms with Gasteiger partial charge in [0, 0.05) is 16.7 Å². The first-order chi connectivity index (χ1) is 9.15. The molecule has 0 radical (unpaired) electrons. The van der Waals surface area contributed by atoms with Gasteiger partial charge >= 0.3 is 6.03 Å². The average molecular weight is 319 g/mol. The first kappa shape index (κ1) is 13.6. The molecular formula is C15H15BrN2O. The zero-order valence-corrected chi connectivity index (χ0v) is 12.2. The second kappa shape index (κ2) is 6.38. The van der Waals surface area contributed by atoms with E-state index in [4.69, 9.17) is 0 Å². The van der Waals surface area contributed by atoms with Gasteiger partial charge in [-0.2, -0.15) is 0 Å². The molecule has 0 spiro atoms. The Morgan fingerprint density at radius 2 is 1.79 bits per heavy atom. The van der Waals surface area contributed by atoms with E-state index in [2.05, 4.69) is 26.6 Å². The van der Waals surface area contributed by atoms with Crippen LogP contribution in [-0.2, 0) is 6.54 Å². The molecule has 0 unspecified atom stereocenters. The van der Waals surface area contributed by atoms with Gasteiger partial charge in [0.15, 0.2) is 0 Å². The van der Waals surface area contributed by atoms with Gasteiger partial charge in [0.2, 0.25) is 0 Å². The molecule has 2 rings (SSSR count). The lowest BCUT2D eigenvalue weighted by Gasteiger charge is -2.09. The summed E-state index contributed by atoms with van der Waals surface area (Å²) in [5.41, 5.74) is 3.06. The summed E-state index contributed by atoms with van der Waals surface area (Å²) in [5.74, 6) is 0. The number of hydrogen-bond acceptors (Lipinski definition) is 1. The molecule has 2 amide bonds. The van der Waals surface area contributed by atoms with Crippen LogP contribution >= 0.6 is 15.9 Å². The number of aryl methyl sites for hydroxylation is 1. The molecule has 2 aromatic rings. The molecule has 2 N–H and O–H groups in total. The smallest absolute Gasteiger partial charge is 0.319 e. The minimum Gasteiger partial charge on any atom is -0.334 e. The number of benzene rings is 2. The van der Waals surface area contributed by atoms with Crippen molar-refractivity contribution >= 4 is 27.6 Å². The highest BCUT2D eigenvalue weighted by Crippen LogP contribution is 2.14. The van der Waals surface area contributed by atoms with Gasteiger partial charge in [-0.05, 0) is 42.3 Å². The fourth-order valence-electron chi connectivity index (χ4n) is 1.69. The maximum atomic E-state index is 11.7. The number of hydrogen-bond donors (Lipinski definition) is 2. The third-order valence-electron chi connectivity index (χ3n) is 2.80. The summed E-state index contributed by atoms with van der Waals surface area (Å²) in [6, 6.07) is 15.3. The van der Waals surface area contributed by atoms with E-state index in [1.165, 1.54) is 5.56 Å². The highest BCUT2D eigenvalue weighted by atomic mass is 79.9. The van der Waals surface area contributed by atoms with Gasteiger partial charge in [0.05, 0.1) is 0 Å². The molecular weight excluding hydrogens is 304 g/mol. The Morgan fingerprint density at radius 1 is 1.11 bits per heavy atom. The summed E-state index contributed by atoms with van der Waals surface area (Å²) in [4.78, 5) is 11.7. The maximum Gasteiger partial charge on any atom is 0.319 e.